The molecule has 0 amide bonds. The van der Waals surface area contributed by atoms with Crippen LogP contribution < -0.4 is 5.43 Å². The Morgan fingerprint density at radius 1 is 1.71 bits per heavy atom. The smallest absolute Gasteiger partial charge is 0.332 e. The van der Waals surface area contributed by atoms with Gasteiger partial charge in [-0.3, -0.25) is 19.7 Å². The van der Waals surface area contributed by atoms with Gasteiger partial charge in [0.15, 0.2) is 0 Å². The molecule has 0 saturated heterocycles. The van der Waals surface area contributed by atoms with Crippen LogP contribution in [0.25, 0.3) is 0 Å². The summed E-state index contributed by atoms with van der Waals surface area (Å²) in [6.45, 7) is 0.133. The highest BCUT2D eigenvalue weighted by Gasteiger charge is 2.17. The SMILES string of the molecule is COC(=O)C(Br)Cn1ccc(=O)c([N+](=O)[O-])c1. The van der Waals surface area contributed by atoms with Gasteiger partial charge in [0.1, 0.15) is 4.83 Å². The van der Waals surface area contributed by atoms with Crippen molar-refractivity contribution in [3.63, 3.8) is 0 Å². The number of rotatable bonds is 4. The van der Waals surface area contributed by atoms with Crippen LogP contribution in [-0.2, 0) is 16.1 Å². The summed E-state index contributed by atoms with van der Waals surface area (Å²) in [6, 6.07) is 1.08. The van der Waals surface area contributed by atoms with Crippen molar-refractivity contribution in [3.05, 3.63) is 38.8 Å². The van der Waals surface area contributed by atoms with Gasteiger partial charge in [-0.25, -0.2) is 0 Å². The van der Waals surface area contributed by atoms with E-state index in [0.717, 1.165) is 12.3 Å². The summed E-state index contributed by atoms with van der Waals surface area (Å²) in [5.74, 6) is -0.494. The molecule has 0 spiro atoms. The molecule has 0 aliphatic carbocycles. The van der Waals surface area contributed by atoms with Crippen molar-refractivity contribution in [2.24, 2.45) is 0 Å². The fourth-order valence-corrected chi connectivity index (χ4v) is 1.67. The van der Waals surface area contributed by atoms with Gasteiger partial charge in [-0.1, -0.05) is 15.9 Å². The lowest BCUT2D eigenvalue weighted by Crippen LogP contribution is -2.22. The van der Waals surface area contributed by atoms with Crippen molar-refractivity contribution in [3.8, 4) is 0 Å². The van der Waals surface area contributed by atoms with E-state index in [1.165, 1.54) is 17.9 Å². The highest BCUT2D eigenvalue weighted by Crippen LogP contribution is 2.08. The Morgan fingerprint density at radius 3 is 2.88 bits per heavy atom. The van der Waals surface area contributed by atoms with Crippen LogP contribution in [0, 0.1) is 10.1 Å². The lowest BCUT2D eigenvalue weighted by atomic mass is 10.3. The predicted octanol–water partition coefficient (Wildman–Crippen LogP) is 0.693. The quantitative estimate of drug-likeness (QED) is 0.353. The molecule has 1 aromatic heterocycles. The van der Waals surface area contributed by atoms with Crippen molar-refractivity contribution in [2.75, 3.05) is 7.11 Å². The number of esters is 1. The van der Waals surface area contributed by atoms with Crippen LogP contribution in [0.2, 0.25) is 0 Å². The molecule has 92 valence electrons. The van der Waals surface area contributed by atoms with E-state index in [9.17, 15) is 19.7 Å². The Kier molecular flexibility index (Phi) is 4.38. The largest absolute Gasteiger partial charge is 0.468 e. The fourth-order valence-electron chi connectivity index (χ4n) is 1.15. The van der Waals surface area contributed by atoms with E-state index in [1.54, 1.807) is 0 Å². The zero-order chi connectivity index (χ0) is 13.0. The van der Waals surface area contributed by atoms with E-state index in [1.807, 2.05) is 0 Å². The second-order valence-corrected chi connectivity index (χ2v) is 4.24. The lowest BCUT2D eigenvalue weighted by Gasteiger charge is -2.09. The molecular weight excluding hydrogens is 296 g/mol. The van der Waals surface area contributed by atoms with Crippen LogP contribution in [0.15, 0.2) is 23.3 Å². The van der Waals surface area contributed by atoms with Crippen LogP contribution in [0.5, 0.6) is 0 Å². The number of nitro groups is 1. The normalized spacial score (nSPS) is 11.9. The molecule has 0 fully saturated rings. The van der Waals surface area contributed by atoms with Crippen LogP contribution in [-0.4, -0.2) is 27.4 Å². The van der Waals surface area contributed by atoms with Gasteiger partial charge in [-0.15, -0.1) is 0 Å². The molecule has 7 nitrogen and oxygen atoms in total. The number of methoxy groups -OCH3 is 1. The Labute approximate surface area is 104 Å². The van der Waals surface area contributed by atoms with E-state index in [2.05, 4.69) is 20.7 Å². The standard InChI is InChI=1S/C9H9BrN2O5/c1-17-9(14)6(10)4-11-3-2-8(13)7(5-11)12(15)16/h2-3,5-6H,4H2,1H3. The van der Waals surface area contributed by atoms with Crippen molar-refractivity contribution in [1.29, 1.82) is 0 Å². The maximum Gasteiger partial charge on any atom is 0.332 e. The topological polar surface area (TPSA) is 91.4 Å². The van der Waals surface area contributed by atoms with Crippen molar-refractivity contribution in [2.45, 2.75) is 11.4 Å². The molecule has 0 bridgehead atoms. The first-order chi connectivity index (χ1) is 7.95. The lowest BCUT2D eigenvalue weighted by molar-refractivity contribution is -0.386. The molecule has 1 unspecified atom stereocenters. The maximum atomic E-state index is 11.1. The van der Waals surface area contributed by atoms with Gasteiger partial charge in [0.25, 0.3) is 5.43 Å². The molecule has 0 aromatic carbocycles. The molecule has 1 aromatic rings. The van der Waals surface area contributed by atoms with Crippen molar-refractivity contribution < 1.29 is 14.5 Å². The first-order valence-corrected chi connectivity index (χ1v) is 5.43. The van der Waals surface area contributed by atoms with Gasteiger partial charge >= 0.3 is 11.7 Å². The molecule has 1 heterocycles. The third kappa shape index (κ3) is 3.38. The summed E-state index contributed by atoms with van der Waals surface area (Å²) in [7, 11) is 1.24. The molecule has 0 radical (unpaired) electrons. The fraction of sp³-hybridized carbons (Fsp3) is 0.333. The maximum absolute atomic E-state index is 11.1. The summed E-state index contributed by atoms with van der Waals surface area (Å²) in [5.41, 5.74) is -1.20. The van der Waals surface area contributed by atoms with E-state index in [-0.39, 0.29) is 6.54 Å². The van der Waals surface area contributed by atoms with Gasteiger partial charge in [0.2, 0.25) is 0 Å². The van der Waals surface area contributed by atoms with Crippen LogP contribution in [0.3, 0.4) is 0 Å². The van der Waals surface area contributed by atoms with Gasteiger partial charge < -0.3 is 9.30 Å². The first kappa shape index (κ1) is 13.4. The molecule has 8 heteroatoms. The molecule has 0 aliphatic heterocycles. The average molecular weight is 305 g/mol. The van der Waals surface area contributed by atoms with Crippen LogP contribution in [0.4, 0.5) is 5.69 Å². The number of alkyl halides is 1. The number of carbonyl (C=O) groups excluding carboxylic acids is 1. The summed E-state index contributed by atoms with van der Waals surface area (Å²) >= 11 is 3.08. The molecule has 17 heavy (non-hydrogen) atoms. The summed E-state index contributed by atoms with van der Waals surface area (Å²) in [5, 5.41) is 10.5. The van der Waals surface area contributed by atoms with E-state index in [4.69, 9.17) is 0 Å². The molecule has 1 atom stereocenters. The zero-order valence-corrected chi connectivity index (χ0v) is 10.4. The third-order valence-electron chi connectivity index (χ3n) is 1.98. The Hall–Kier alpha value is -1.70. The number of aromatic nitrogens is 1. The Bertz CT molecular complexity index is 498. The molecular formula is C9H9BrN2O5. The number of hydrogen-bond donors (Lipinski definition) is 0. The number of halogens is 1. The zero-order valence-electron chi connectivity index (χ0n) is 8.83. The Morgan fingerprint density at radius 2 is 2.35 bits per heavy atom. The monoisotopic (exact) mass is 304 g/mol. The number of hydrogen-bond acceptors (Lipinski definition) is 5. The van der Waals surface area contributed by atoms with Gasteiger partial charge in [-0.2, -0.15) is 0 Å². The summed E-state index contributed by atoms with van der Waals surface area (Å²) < 4.78 is 5.86. The summed E-state index contributed by atoms with van der Waals surface area (Å²) in [4.78, 5) is 31.4. The molecule has 0 aliphatic rings. The second kappa shape index (κ2) is 5.58. The number of ether oxygens (including phenoxy) is 1. The third-order valence-corrected chi connectivity index (χ3v) is 2.65. The van der Waals surface area contributed by atoms with Gasteiger partial charge in [0, 0.05) is 18.8 Å². The predicted molar refractivity (Wildman–Crippen MR) is 62.1 cm³/mol. The van der Waals surface area contributed by atoms with Crippen LogP contribution in [0.1, 0.15) is 0 Å². The highest BCUT2D eigenvalue weighted by molar-refractivity contribution is 9.10. The minimum atomic E-state index is -0.764. The minimum absolute atomic E-state index is 0.133. The van der Waals surface area contributed by atoms with Gasteiger partial charge in [0.05, 0.1) is 18.2 Å². The average Bonchev–Trinajstić information content (AvgIpc) is 2.30. The Balaban J connectivity index is 2.94. The van der Waals surface area contributed by atoms with Crippen molar-refractivity contribution >= 4 is 27.6 Å². The molecule has 0 saturated carbocycles. The number of pyridine rings is 1. The van der Waals surface area contributed by atoms with E-state index < -0.39 is 26.8 Å². The van der Waals surface area contributed by atoms with Gasteiger partial charge in [-0.05, 0) is 0 Å². The molecule has 1 rings (SSSR count). The van der Waals surface area contributed by atoms with Crippen molar-refractivity contribution in [1.82, 2.24) is 4.57 Å². The minimum Gasteiger partial charge on any atom is -0.468 e. The number of carbonyl (C=O) groups is 1. The molecule has 0 N–H and O–H groups in total. The second-order valence-electron chi connectivity index (χ2n) is 3.14. The number of nitrogens with zero attached hydrogens (tertiary/aromatic N) is 2. The highest BCUT2D eigenvalue weighted by atomic mass is 79.9. The van der Waals surface area contributed by atoms with E-state index in [0.29, 0.717) is 0 Å². The summed E-state index contributed by atoms with van der Waals surface area (Å²) in [6.07, 6.45) is 2.45. The first-order valence-electron chi connectivity index (χ1n) is 4.52. The van der Waals surface area contributed by atoms with Crippen LogP contribution >= 0.6 is 15.9 Å². The van der Waals surface area contributed by atoms with E-state index >= 15 is 0 Å².